The van der Waals surface area contributed by atoms with Crippen molar-refractivity contribution in [2.24, 2.45) is 5.73 Å². The highest BCUT2D eigenvalue weighted by molar-refractivity contribution is 5.94. The fourth-order valence-electron chi connectivity index (χ4n) is 6.75. The first-order valence-corrected chi connectivity index (χ1v) is 13.8. The van der Waals surface area contributed by atoms with Crippen LogP contribution in [0.4, 0.5) is 0 Å². The second-order valence-corrected chi connectivity index (χ2v) is 11.6. The van der Waals surface area contributed by atoms with Crippen LogP contribution in [0.1, 0.15) is 58.3 Å². The molecule has 2 saturated heterocycles. The number of carbonyl (C=O) groups excluding carboxylic acids is 1. The van der Waals surface area contributed by atoms with Gasteiger partial charge in [-0.2, -0.15) is 0 Å². The van der Waals surface area contributed by atoms with E-state index in [9.17, 15) is 4.79 Å². The number of rotatable bonds is 7. The number of benzene rings is 3. The first-order valence-electron chi connectivity index (χ1n) is 13.8. The lowest BCUT2D eigenvalue weighted by Gasteiger charge is -2.44. The number of hydrogen-bond donors (Lipinski definition) is 1. The average Bonchev–Trinajstić information content (AvgIpc) is 2.93. The van der Waals surface area contributed by atoms with Crippen LogP contribution >= 0.6 is 0 Å². The van der Waals surface area contributed by atoms with Gasteiger partial charge in [0.15, 0.2) is 0 Å². The predicted octanol–water partition coefficient (Wildman–Crippen LogP) is 5.20. The number of nitrogens with two attached hydrogens (primary N) is 1. The topological polar surface area (TPSA) is 49.6 Å². The van der Waals surface area contributed by atoms with Crippen molar-refractivity contribution in [2.75, 3.05) is 40.3 Å². The summed E-state index contributed by atoms with van der Waals surface area (Å²) >= 11 is 0. The van der Waals surface area contributed by atoms with E-state index in [2.05, 4.69) is 90.6 Å². The zero-order valence-corrected chi connectivity index (χ0v) is 22.5. The van der Waals surface area contributed by atoms with E-state index in [0.717, 1.165) is 70.3 Å². The lowest BCUT2D eigenvalue weighted by molar-refractivity contribution is 0.0998. The minimum absolute atomic E-state index is 0.000760. The Morgan fingerprint density at radius 2 is 1.14 bits per heavy atom. The van der Waals surface area contributed by atoms with Crippen LogP contribution in [0, 0.1) is 0 Å². The molecule has 2 fully saturated rings. The molecule has 2 aliphatic heterocycles. The van der Waals surface area contributed by atoms with Gasteiger partial charge in [-0.1, -0.05) is 72.8 Å². The van der Waals surface area contributed by atoms with Crippen molar-refractivity contribution in [3.63, 3.8) is 0 Å². The van der Waals surface area contributed by atoms with Gasteiger partial charge in [0.2, 0.25) is 5.91 Å². The van der Waals surface area contributed by atoms with E-state index in [1.165, 1.54) is 16.7 Å². The summed E-state index contributed by atoms with van der Waals surface area (Å²) in [7, 11) is 4.43. The molecular weight excluding hydrogens is 454 g/mol. The quantitative estimate of drug-likeness (QED) is 0.490. The lowest BCUT2D eigenvalue weighted by atomic mass is 9.65. The zero-order valence-electron chi connectivity index (χ0n) is 22.5. The normalized spacial score (nSPS) is 19.9. The molecule has 0 radical (unpaired) electrons. The van der Waals surface area contributed by atoms with Gasteiger partial charge in [0.1, 0.15) is 0 Å². The highest BCUT2D eigenvalue weighted by Gasteiger charge is 2.39. The standard InChI is InChI=1S/C33H41N3O/c1-35-20-16-32(17-21-35,27-11-5-3-6-12-27)24-26-10-9-15-29(31(34)37)30(26)25-33(18-22-36(2)23-19-33)28-13-7-4-8-14-28/h3-15H,16-25H2,1-2H3,(H2,34,37). The summed E-state index contributed by atoms with van der Waals surface area (Å²) < 4.78 is 0. The monoisotopic (exact) mass is 495 g/mol. The fourth-order valence-corrected chi connectivity index (χ4v) is 6.75. The van der Waals surface area contributed by atoms with Crippen molar-refractivity contribution < 1.29 is 4.79 Å². The van der Waals surface area contributed by atoms with Gasteiger partial charge in [-0.3, -0.25) is 4.79 Å². The molecule has 0 aliphatic carbocycles. The molecule has 0 aromatic heterocycles. The summed E-state index contributed by atoms with van der Waals surface area (Å²) in [6.45, 7) is 4.28. The molecule has 3 aromatic rings. The van der Waals surface area contributed by atoms with Crippen molar-refractivity contribution in [3.8, 4) is 0 Å². The van der Waals surface area contributed by atoms with E-state index >= 15 is 0 Å². The van der Waals surface area contributed by atoms with Gasteiger partial charge in [0, 0.05) is 16.4 Å². The zero-order chi connectivity index (χ0) is 25.9. The first kappa shape index (κ1) is 25.7. The van der Waals surface area contributed by atoms with Crippen molar-refractivity contribution in [1.29, 1.82) is 0 Å². The number of amides is 1. The largest absolute Gasteiger partial charge is 0.366 e. The Morgan fingerprint density at radius 1 is 0.676 bits per heavy atom. The lowest BCUT2D eigenvalue weighted by Crippen LogP contribution is -2.44. The Kier molecular flexibility index (Phi) is 7.50. The molecule has 4 nitrogen and oxygen atoms in total. The molecule has 3 aromatic carbocycles. The highest BCUT2D eigenvalue weighted by Crippen LogP contribution is 2.43. The second-order valence-electron chi connectivity index (χ2n) is 11.6. The number of piperidine rings is 2. The van der Waals surface area contributed by atoms with E-state index in [0.29, 0.717) is 5.56 Å². The highest BCUT2D eigenvalue weighted by atomic mass is 16.1. The summed E-state index contributed by atoms with van der Waals surface area (Å²) in [5.41, 5.74) is 12.0. The van der Waals surface area contributed by atoms with Gasteiger partial charge in [-0.25, -0.2) is 0 Å². The molecule has 1 amide bonds. The first-order chi connectivity index (χ1) is 17.9. The van der Waals surface area contributed by atoms with Gasteiger partial charge in [-0.05, 0) is 107 Å². The maximum Gasteiger partial charge on any atom is 0.248 e. The molecule has 2 N–H and O–H groups in total. The Labute approximate surface area is 222 Å². The van der Waals surface area contributed by atoms with Crippen LogP contribution in [0.2, 0.25) is 0 Å². The Bertz CT molecular complexity index is 1190. The van der Waals surface area contributed by atoms with Crippen LogP contribution in [0.15, 0.2) is 78.9 Å². The Balaban J connectivity index is 1.59. The van der Waals surface area contributed by atoms with Gasteiger partial charge in [-0.15, -0.1) is 0 Å². The van der Waals surface area contributed by atoms with E-state index < -0.39 is 0 Å². The van der Waals surface area contributed by atoms with Crippen LogP contribution in [-0.2, 0) is 23.7 Å². The third-order valence-corrected chi connectivity index (χ3v) is 9.24. The van der Waals surface area contributed by atoms with E-state index in [4.69, 9.17) is 5.73 Å². The molecule has 0 bridgehead atoms. The van der Waals surface area contributed by atoms with E-state index in [1.807, 2.05) is 12.1 Å². The molecule has 194 valence electrons. The maximum atomic E-state index is 12.8. The summed E-state index contributed by atoms with van der Waals surface area (Å²) in [6, 6.07) is 28.2. The average molecular weight is 496 g/mol. The number of carbonyl (C=O) groups is 1. The van der Waals surface area contributed by atoms with Crippen LogP contribution in [0.5, 0.6) is 0 Å². The SMILES string of the molecule is CN1CCC(Cc2cccc(C(N)=O)c2CC2(c3ccccc3)CCN(C)CC2)(c2ccccc2)CC1. The number of primary amides is 1. The molecule has 0 saturated carbocycles. The smallest absolute Gasteiger partial charge is 0.248 e. The fraction of sp³-hybridized carbons (Fsp3) is 0.424. The molecule has 4 heteroatoms. The number of likely N-dealkylation sites (tertiary alicyclic amines) is 2. The third-order valence-electron chi connectivity index (χ3n) is 9.24. The molecule has 0 unspecified atom stereocenters. The predicted molar refractivity (Wildman–Crippen MR) is 152 cm³/mol. The summed E-state index contributed by atoms with van der Waals surface area (Å²) in [5.74, 6) is -0.315. The summed E-state index contributed by atoms with van der Waals surface area (Å²) in [5, 5.41) is 0. The van der Waals surface area contributed by atoms with Crippen molar-refractivity contribution in [1.82, 2.24) is 9.80 Å². The molecule has 5 rings (SSSR count). The minimum Gasteiger partial charge on any atom is -0.366 e. The van der Waals surface area contributed by atoms with Crippen molar-refractivity contribution >= 4 is 5.91 Å². The summed E-state index contributed by atoms with van der Waals surface area (Å²) in [4.78, 5) is 17.7. The van der Waals surface area contributed by atoms with Gasteiger partial charge < -0.3 is 15.5 Å². The van der Waals surface area contributed by atoms with Crippen molar-refractivity contribution in [2.45, 2.75) is 49.4 Å². The minimum atomic E-state index is -0.315. The van der Waals surface area contributed by atoms with Crippen LogP contribution in [0.3, 0.4) is 0 Å². The van der Waals surface area contributed by atoms with E-state index in [-0.39, 0.29) is 16.7 Å². The molecule has 37 heavy (non-hydrogen) atoms. The third kappa shape index (κ3) is 5.37. The number of nitrogens with zero attached hydrogens (tertiary/aromatic N) is 2. The van der Waals surface area contributed by atoms with Crippen molar-refractivity contribution in [3.05, 3.63) is 107 Å². The summed E-state index contributed by atoms with van der Waals surface area (Å²) in [6.07, 6.45) is 6.17. The maximum absolute atomic E-state index is 12.8. The van der Waals surface area contributed by atoms with Crippen LogP contribution in [0.25, 0.3) is 0 Å². The van der Waals surface area contributed by atoms with Gasteiger partial charge in [0.25, 0.3) is 0 Å². The van der Waals surface area contributed by atoms with Gasteiger partial charge in [0.05, 0.1) is 0 Å². The molecule has 2 heterocycles. The Morgan fingerprint density at radius 3 is 1.59 bits per heavy atom. The van der Waals surface area contributed by atoms with Crippen LogP contribution < -0.4 is 5.73 Å². The van der Waals surface area contributed by atoms with Crippen LogP contribution in [-0.4, -0.2) is 56.0 Å². The molecule has 2 aliphatic rings. The molecule has 0 spiro atoms. The molecular formula is C33H41N3O. The number of hydrogen-bond acceptors (Lipinski definition) is 3. The Hall–Kier alpha value is -2.95. The molecule has 0 atom stereocenters. The van der Waals surface area contributed by atoms with E-state index in [1.54, 1.807) is 0 Å². The second kappa shape index (κ2) is 10.8. The van der Waals surface area contributed by atoms with Gasteiger partial charge >= 0.3 is 0 Å².